The maximum absolute atomic E-state index is 12.6. The normalized spacial score (nSPS) is 28.3. The molecule has 2 saturated heterocycles. The molecule has 1 amide bonds. The third kappa shape index (κ3) is 4.31. The van der Waals surface area contributed by atoms with Crippen molar-refractivity contribution < 1.29 is 23.9 Å². The second kappa shape index (κ2) is 8.43. The molecular weight excluding hydrogens is 298 g/mol. The summed E-state index contributed by atoms with van der Waals surface area (Å²) >= 11 is 0. The molecular formula is C17H27NO5. The van der Waals surface area contributed by atoms with Crippen molar-refractivity contribution in [3.63, 3.8) is 0 Å². The van der Waals surface area contributed by atoms with Crippen LogP contribution in [-0.2, 0) is 23.9 Å². The van der Waals surface area contributed by atoms with E-state index in [1.165, 1.54) is 4.90 Å². The summed E-state index contributed by atoms with van der Waals surface area (Å²) in [6, 6.07) is -0.634. The number of amides is 1. The van der Waals surface area contributed by atoms with Gasteiger partial charge in [-0.1, -0.05) is 13.8 Å². The first-order valence-corrected chi connectivity index (χ1v) is 8.69. The lowest BCUT2D eigenvalue weighted by Gasteiger charge is -2.35. The van der Waals surface area contributed by atoms with Crippen LogP contribution in [0.25, 0.3) is 0 Å². The van der Waals surface area contributed by atoms with Gasteiger partial charge in [-0.05, 0) is 44.4 Å². The predicted octanol–water partition coefficient (Wildman–Crippen LogP) is 1.70. The van der Waals surface area contributed by atoms with Gasteiger partial charge in [0.25, 0.3) is 5.91 Å². The highest BCUT2D eigenvalue weighted by Gasteiger charge is 2.40. The van der Waals surface area contributed by atoms with E-state index in [9.17, 15) is 14.4 Å². The summed E-state index contributed by atoms with van der Waals surface area (Å²) in [5, 5.41) is 0. The zero-order valence-corrected chi connectivity index (χ0v) is 14.1. The van der Waals surface area contributed by atoms with Crippen LogP contribution >= 0.6 is 0 Å². The highest BCUT2D eigenvalue weighted by Crippen LogP contribution is 2.24. The van der Waals surface area contributed by atoms with E-state index in [1.807, 2.05) is 13.8 Å². The molecule has 2 aliphatic rings. The van der Waals surface area contributed by atoms with E-state index in [-0.39, 0.29) is 5.92 Å². The number of ether oxygens (including phenoxy) is 2. The fourth-order valence-corrected chi connectivity index (χ4v) is 3.25. The van der Waals surface area contributed by atoms with Crippen LogP contribution in [-0.4, -0.2) is 54.5 Å². The molecule has 130 valence electrons. The van der Waals surface area contributed by atoms with E-state index < -0.39 is 29.8 Å². The predicted molar refractivity (Wildman–Crippen MR) is 83.7 cm³/mol. The lowest BCUT2D eigenvalue weighted by molar-refractivity contribution is -0.163. The summed E-state index contributed by atoms with van der Waals surface area (Å²) < 4.78 is 10.7. The number of carbonyl (C=O) groups is 3. The Morgan fingerprint density at radius 1 is 1.17 bits per heavy atom. The molecule has 23 heavy (non-hydrogen) atoms. The van der Waals surface area contributed by atoms with Crippen LogP contribution < -0.4 is 0 Å². The van der Waals surface area contributed by atoms with Gasteiger partial charge in [0.05, 0.1) is 6.61 Å². The van der Waals surface area contributed by atoms with Gasteiger partial charge >= 0.3 is 5.97 Å². The highest BCUT2D eigenvalue weighted by molar-refractivity contribution is 6.38. The Morgan fingerprint density at radius 3 is 2.65 bits per heavy atom. The van der Waals surface area contributed by atoms with Gasteiger partial charge in [-0.15, -0.1) is 0 Å². The molecule has 0 aromatic carbocycles. The summed E-state index contributed by atoms with van der Waals surface area (Å²) in [5.74, 6) is -1.48. The minimum Gasteiger partial charge on any atom is -0.464 e. The first kappa shape index (κ1) is 17.9. The molecule has 2 unspecified atom stereocenters. The molecule has 0 saturated carbocycles. The molecule has 6 heteroatoms. The zero-order chi connectivity index (χ0) is 16.8. The van der Waals surface area contributed by atoms with Crippen molar-refractivity contribution >= 4 is 17.7 Å². The SMILES string of the molecule is CCCOC(=O)C1CCCCN1C(=O)C(=O)[C@@H]1OCCCC1C. The van der Waals surface area contributed by atoms with Crippen molar-refractivity contribution in [3.8, 4) is 0 Å². The van der Waals surface area contributed by atoms with Crippen LogP contribution in [0.3, 0.4) is 0 Å². The first-order chi connectivity index (χ1) is 11.1. The lowest BCUT2D eigenvalue weighted by atomic mass is 9.92. The molecule has 0 radical (unpaired) electrons. The van der Waals surface area contributed by atoms with Crippen LogP contribution in [0.15, 0.2) is 0 Å². The number of nitrogens with zero attached hydrogens (tertiary/aromatic N) is 1. The highest BCUT2D eigenvalue weighted by atomic mass is 16.5. The minimum atomic E-state index is -0.675. The van der Waals surface area contributed by atoms with Crippen molar-refractivity contribution in [1.82, 2.24) is 4.90 Å². The maximum Gasteiger partial charge on any atom is 0.328 e. The number of esters is 1. The average molecular weight is 325 g/mol. The fourth-order valence-electron chi connectivity index (χ4n) is 3.25. The molecule has 0 aromatic rings. The van der Waals surface area contributed by atoms with E-state index in [0.717, 1.165) is 32.1 Å². The molecule has 0 aliphatic carbocycles. The Bertz CT molecular complexity index is 450. The van der Waals surface area contributed by atoms with Crippen LogP contribution in [0.2, 0.25) is 0 Å². The first-order valence-electron chi connectivity index (χ1n) is 8.69. The van der Waals surface area contributed by atoms with E-state index in [4.69, 9.17) is 9.47 Å². The quantitative estimate of drug-likeness (QED) is 0.568. The van der Waals surface area contributed by atoms with Gasteiger partial charge in [0, 0.05) is 13.2 Å². The van der Waals surface area contributed by atoms with Gasteiger partial charge in [0.15, 0.2) is 0 Å². The molecule has 0 spiro atoms. The van der Waals surface area contributed by atoms with Crippen molar-refractivity contribution in [1.29, 1.82) is 0 Å². The lowest BCUT2D eigenvalue weighted by Crippen LogP contribution is -2.54. The van der Waals surface area contributed by atoms with Crippen molar-refractivity contribution in [2.24, 2.45) is 5.92 Å². The summed E-state index contributed by atoms with van der Waals surface area (Å²) in [6.45, 7) is 5.13. The van der Waals surface area contributed by atoms with E-state index in [0.29, 0.717) is 26.2 Å². The summed E-state index contributed by atoms with van der Waals surface area (Å²) in [5.41, 5.74) is 0. The Balaban J connectivity index is 2.05. The third-order valence-corrected chi connectivity index (χ3v) is 4.57. The molecule has 0 bridgehead atoms. The molecule has 0 N–H and O–H groups in total. The second-order valence-corrected chi connectivity index (χ2v) is 6.45. The van der Waals surface area contributed by atoms with E-state index >= 15 is 0 Å². The van der Waals surface area contributed by atoms with Crippen molar-refractivity contribution in [2.75, 3.05) is 19.8 Å². The average Bonchev–Trinajstić information content (AvgIpc) is 2.58. The molecule has 2 heterocycles. The standard InChI is InChI=1S/C17H27NO5/c1-3-10-23-17(21)13-8-4-5-9-18(13)16(20)14(19)15-12(2)7-6-11-22-15/h12-13,15H,3-11H2,1-2H3/t12?,13?,15-/m1/s1. The van der Waals surface area contributed by atoms with Gasteiger partial charge in [0.2, 0.25) is 5.78 Å². The molecule has 6 nitrogen and oxygen atoms in total. The number of ketones is 1. The van der Waals surface area contributed by atoms with Crippen LogP contribution in [0.5, 0.6) is 0 Å². The number of likely N-dealkylation sites (tertiary alicyclic amines) is 1. The number of hydrogen-bond acceptors (Lipinski definition) is 5. The Labute approximate surface area is 137 Å². The van der Waals surface area contributed by atoms with Crippen LogP contribution in [0.4, 0.5) is 0 Å². The topological polar surface area (TPSA) is 72.9 Å². The van der Waals surface area contributed by atoms with Crippen LogP contribution in [0, 0.1) is 5.92 Å². The fraction of sp³-hybridized carbons (Fsp3) is 0.824. The number of hydrogen-bond donors (Lipinski definition) is 0. The van der Waals surface area contributed by atoms with E-state index in [1.54, 1.807) is 0 Å². The molecule has 2 aliphatic heterocycles. The van der Waals surface area contributed by atoms with Gasteiger partial charge in [-0.2, -0.15) is 0 Å². The van der Waals surface area contributed by atoms with Gasteiger partial charge in [-0.25, -0.2) is 4.79 Å². The minimum absolute atomic E-state index is 0.0375. The maximum atomic E-state index is 12.6. The summed E-state index contributed by atoms with van der Waals surface area (Å²) in [4.78, 5) is 38.7. The second-order valence-electron chi connectivity index (χ2n) is 6.45. The van der Waals surface area contributed by atoms with Gasteiger partial charge in [-0.3, -0.25) is 9.59 Å². The van der Waals surface area contributed by atoms with Gasteiger partial charge in [0.1, 0.15) is 12.1 Å². The Hall–Kier alpha value is -1.43. The number of rotatable bonds is 5. The smallest absolute Gasteiger partial charge is 0.328 e. The molecule has 2 rings (SSSR count). The molecule has 2 fully saturated rings. The molecule has 0 aromatic heterocycles. The van der Waals surface area contributed by atoms with Crippen molar-refractivity contribution in [3.05, 3.63) is 0 Å². The number of piperidine rings is 1. The number of Topliss-reactive ketones (excluding diaryl/α,β-unsaturated/α-hetero) is 1. The summed E-state index contributed by atoms with van der Waals surface area (Å²) in [7, 11) is 0. The largest absolute Gasteiger partial charge is 0.464 e. The number of carbonyl (C=O) groups excluding carboxylic acids is 3. The zero-order valence-electron chi connectivity index (χ0n) is 14.1. The van der Waals surface area contributed by atoms with Gasteiger partial charge < -0.3 is 14.4 Å². The van der Waals surface area contributed by atoms with Crippen LogP contribution in [0.1, 0.15) is 52.4 Å². The summed E-state index contributed by atoms with van der Waals surface area (Å²) in [6.07, 6.45) is 4.07. The van der Waals surface area contributed by atoms with E-state index in [2.05, 4.69) is 0 Å². The Kier molecular flexibility index (Phi) is 6.57. The molecule has 3 atom stereocenters. The third-order valence-electron chi connectivity index (χ3n) is 4.57. The Morgan fingerprint density at radius 2 is 1.96 bits per heavy atom. The van der Waals surface area contributed by atoms with Crippen molar-refractivity contribution in [2.45, 2.75) is 64.5 Å². The monoisotopic (exact) mass is 325 g/mol.